The van der Waals surface area contributed by atoms with E-state index in [0.29, 0.717) is 17.5 Å². The third-order valence-corrected chi connectivity index (χ3v) is 2.96. The van der Waals surface area contributed by atoms with Gasteiger partial charge in [0.15, 0.2) is 0 Å². The zero-order valence-electron chi connectivity index (χ0n) is 8.02. The fourth-order valence-electron chi connectivity index (χ4n) is 1.77. The normalized spacial score (nSPS) is 26.9. The Kier molecular flexibility index (Phi) is 2.61. The number of aliphatic hydroxyl groups is 1. The third kappa shape index (κ3) is 1.70. The molecule has 1 saturated heterocycles. The minimum Gasteiger partial charge on any atom is -0.391 e. The number of hydrogen-bond acceptors (Lipinski definition) is 3. The van der Waals surface area contributed by atoms with Gasteiger partial charge in [0.2, 0.25) is 0 Å². The van der Waals surface area contributed by atoms with Crippen molar-refractivity contribution in [1.82, 2.24) is 4.98 Å². The smallest absolute Gasteiger partial charge is 0.0822 e. The van der Waals surface area contributed by atoms with Crippen molar-refractivity contribution in [3.05, 3.63) is 23.5 Å². The van der Waals surface area contributed by atoms with E-state index in [1.165, 1.54) is 0 Å². The van der Waals surface area contributed by atoms with Crippen molar-refractivity contribution in [1.29, 1.82) is 0 Å². The highest BCUT2D eigenvalue weighted by atomic mass is 35.5. The summed E-state index contributed by atoms with van der Waals surface area (Å²) in [4.78, 5) is 6.03. The van der Waals surface area contributed by atoms with Gasteiger partial charge in [-0.05, 0) is 6.07 Å². The summed E-state index contributed by atoms with van der Waals surface area (Å²) in [6.45, 7) is 3.55. The first-order valence-electron chi connectivity index (χ1n) is 4.71. The second-order valence-corrected chi connectivity index (χ2v) is 4.18. The van der Waals surface area contributed by atoms with Crippen molar-refractivity contribution in [2.75, 3.05) is 18.0 Å². The van der Waals surface area contributed by atoms with E-state index in [4.69, 9.17) is 11.6 Å². The summed E-state index contributed by atoms with van der Waals surface area (Å²) in [7, 11) is 0. The lowest BCUT2D eigenvalue weighted by atomic mass is 10.1. The van der Waals surface area contributed by atoms with Gasteiger partial charge >= 0.3 is 0 Å². The summed E-state index contributed by atoms with van der Waals surface area (Å²) >= 11 is 6.01. The molecule has 0 bridgehead atoms. The van der Waals surface area contributed by atoms with Gasteiger partial charge in [0, 0.05) is 31.4 Å². The van der Waals surface area contributed by atoms with E-state index in [-0.39, 0.29) is 6.10 Å². The molecule has 76 valence electrons. The molecule has 0 aromatic carbocycles. The van der Waals surface area contributed by atoms with Gasteiger partial charge in [0.1, 0.15) is 0 Å². The zero-order chi connectivity index (χ0) is 10.1. The van der Waals surface area contributed by atoms with Gasteiger partial charge in [0.25, 0.3) is 0 Å². The van der Waals surface area contributed by atoms with Crippen LogP contribution in [-0.4, -0.2) is 29.3 Å². The van der Waals surface area contributed by atoms with Crippen LogP contribution in [0.1, 0.15) is 6.92 Å². The molecule has 0 aliphatic carbocycles. The molecule has 4 heteroatoms. The first kappa shape index (κ1) is 9.74. The summed E-state index contributed by atoms with van der Waals surface area (Å²) in [5.74, 6) is 0.305. The Morgan fingerprint density at radius 2 is 2.36 bits per heavy atom. The Hall–Kier alpha value is -0.800. The molecule has 2 unspecified atom stereocenters. The first-order valence-corrected chi connectivity index (χ1v) is 5.09. The average Bonchev–Trinajstić information content (AvgIpc) is 2.48. The lowest BCUT2D eigenvalue weighted by molar-refractivity contribution is 0.157. The van der Waals surface area contributed by atoms with Gasteiger partial charge < -0.3 is 10.0 Å². The van der Waals surface area contributed by atoms with Crippen molar-refractivity contribution in [3.63, 3.8) is 0 Å². The number of hydrogen-bond donors (Lipinski definition) is 1. The van der Waals surface area contributed by atoms with Crippen LogP contribution >= 0.6 is 11.6 Å². The van der Waals surface area contributed by atoms with Crippen LogP contribution in [0.4, 0.5) is 5.69 Å². The van der Waals surface area contributed by atoms with E-state index >= 15 is 0 Å². The Balaban J connectivity index is 2.21. The van der Waals surface area contributed by atoms with E-state index in [1.54, 1.807) is 12.4 Å². The number of aliphatic hydroxyl groups excluding tert-OH is 1. The molecule has 14 heavy (non-hydrogen) atoms. The molecule has 0 spiro atoms. The molecule has 1 fully saturated rings. The number of aromatic nitrogens is 1. The molecular formula is C10H13ClN2O. The van der Waals surface area contributed by atoms with Gasteiger partial charge in [-0.3, -0.25) is 4.98 Å². The average molecular weight is 213 g/mol. The molecule has 2 rings (SSSR count). The van der Waals surface area contributed by atoms with Crippen LogP contribution in [0, 0.1) is 5.92 Å². The van der Waals surface area contributed by atoms with E-state index in [0.717, 1.165) is 12.2 Å². The molecule has 0 saturated carbocycles. The quantitative estimate of drug-likeness (QED) is 0.768. The second-order valence-electron chi connectivity index (χ2n) is 3.78. The summed E-state index contributed by atoms with van der Waals surface area (Å²) in [6.07, 6.45) is 3.10. The van der Waals surface area contributed by atoms with Crippen LogP contribution in [0.3, 0.4) is 0 Å². The van der Waals surface area contributed by atoms with Gasteiger partial charge in [-0.1, -0.05) is 18.5 Å². The van der Waals surface area contributed by atoms with E-state index < -0.39 is 0 Å². The summed E-state index contributed by atoms with van der Waals surface area (Å²) < 4.78 is 0. The maximum absolute atomic E-state index is 9.62. The summed E-state index contributed by atoms with van der Waals surface area (Å²) in [5, 5.41) is 10.3. The highest BCUT2D eigenvalue weighted by molar-refractivity contribution is 6.33. The Labute approximate surface area is 88.3 Å². The van der Waals surface area contributed by atoms with Crippen LogP contribution in [0.25, 0.3) is 0 Å². The highest BCUT2D eigenvalue weighted by Gasteiger charge is 2.28. The molecule has 0 amide bonds. The van der Waals surface area contributed by atoms with Crippen LogP contribution in [-0.2, 0) is 0 Å². The maximum atomic E-state index is 9.62. The van der Waals surface area contributed by atoms with Crippen molar-refractivity contribution in [2.45, 2.75) is 13.0 Å². The molecule has 3 nitrogen and oxygen atoms in total. The summed E-state index contributed by atoms with van der Waals surface area (Å²) in [5.41, 5.74) is 0.963. The van der Waals surface area contributed by atoms with Gasteiger partial charge in [0.05, 0.1) is 16.8 Å². The minimum absolute atomic E-state index is 0.251. The molecule has 0 radical (unpaired) electrons. The zero-order valence-corrected chi connectivity index (χ0v) is 8.78. The van der Waals surface area contributed by atoms with E-state index in [1.807, 2.05) is 13.0 Å². The number of halogens is 1. The first-order chi connectivity index (χ1) is 6.68. The predicted molar refractivity (Wildman–Crippen MR) is 56.6 cm³/mol. The topological polar surface area (TPSA) is 36.4 Å². The molecule has 1 aliphatic heterocycles. The van der Waals surface area contributed by atoms with Crippen LogP contribution in [0.15, 0.2) is 18.5 Å². The molecular weight excluding hydrogens is 200 g/mol. The molecule has 1 aromatic heterocycles. The highest BCUT2D eigenvalue weighted by Crippen LogP contribution is 2.29. The number of nitrogens with zero attached hydrogens (tertiary/aromatic N) is 2. The fraction of sp³-hybridized carbons (Fsp3) is 0.500. The Bertz CT molecular complexity index is 322. The minimum atomic E-state index is -0.251. The lowest BCUT2D eigenvalue weighted by Crippen LogP contribution is -2.21. The predicted octanol–water partition coefficient (Wildman–Crippen LogP) is 1.55. The van der Waals surface area contributed by atoms with Gasteiger partial charge in [-0.2, -0.15) is 0 Å². The number of anilines is 1. The van der Waals surface area contributed by atoms with Crippen molar-refractivity contribution >= 4 is 17.3 Å². The van der Waals surface area contributed by atoms with Gasteiger partial charge in [-0.15, -0.1) is 0 Å². The molecule has 1 aliphatic rings. The Morgan fingerprint density at radius 1 is 1.57 bits per heavy atom. The Morgan fingerprint density at radius 3 is 2.93 bits per heavy atom. The largest absolute Gasteiger partial charge is 0.391 e. The lowest BCUT2D eigenvalue weighted by Gasteiger charge is -2.18. The standard InChI is InChI=1S/C10H13ClN2O/c1-7-5-13(6-10(7)14)9-2-3-12-4-8(9)11/h2-4,7,10,14H,5-6H2,1H3. The van der Waals surface area contributed by atoms with Crippen molar-refractivity contribution in [3.8, 4) is 0 Å². The molecule has 2 atom stereocenters. The van der Waals surface area contributed by atoms with Crippen molar-refractivity contribution in [2.24, 2.45) is 5.92 Å². The van der Waals surface area contributed by atoms with Crippen molar-refractivity contribution < 1.29 is 5.11 Å². The maximum Gasteiger partial charge on any atom is 0.0822 e. The van der Waals surface area contributed by atoms with Crippen LogP contribution in [0.5, 0.6) is 0 Å². The van der Waals surface area contributed by atoms with E-state index in [9.17, 15) is 5.11 Å². The molecule has 2 heterocycles. The monoisotopic (exact) mass is 212 g/mol. The number of β-amino-alcohol motifs (C(OH)–C–C–N with tert-alkyl or cyclic N) is 1. The van der Waals surface area contributed by atoms with Crippen LogP contribution in [0.2, 0.25) is 5.02 Å². The van der Waals surface area contributed by atoms with Gasteiger partial charge in [-0.25, -0.2) is 0 Å². The molecule has 1 aromatic rings. The fourth-order valence-corrected chi connectivity index (χ4v) is 2.01. The van der Waals surface area contributed by atoms with E-state index in [2.05, 4.69) is 9.88 Å². The number of pyridine rings is 1. The third-order valence-electron chi connectivity index (χ3n) is 2.66. The molecule has 1 N–H and O–H groups in total. The van der Waals surface area contributed by atoms with Crippen LogP contribution < -0.4 is 4.90 Å². The second kappa shape index (κ2) is 3.75. The summed E-state index contributed by atoms with van der Waals surface area (Å²) in [6, 6.07) is 1.88. The SMILES string of the molecule is CC1CN(c2ccncc2Cl)CC1O. The number of rotatable bonds is 1.